The Hall–Kier alpha value is -1.48. The molecule has 114 valence electrons. The van der Waals surface area contributed by atoms with Crippen LogP contribution in [-0.2, 0) is 0 Å². The van der Waals surface area contributed by atoms with Crippen LogP contribution < -0.4 is 5.32 Å². The Bertz CT molecular complexity index is 831. The summed E-state index contributed by atoms with van der Waals surface area (Å²) in [5.74, 6) is 0. The van der Waals surface area contributed by atoms with Gasteiger partial charge in [0.25, 0.3) is 0 Å². The first-order chi connectivity index (χ1) is 10.0. The second-order valence-corrected chi connectivity index (χ2v) is 5.91. The molecule has 0 unspecified atom stereocenters. The lowest BCUT2D eigenvalue weighted by Crippen LogP contribution is -1.95. The van der Waals surface area contributed by atoms with E-state index in [0.29, 0.717) is 5.02 Å². The molecule has 2 aromatic carbocycles. The van der Waals surface area contributed by atoms with Gasteiger partial charge in [-0.2, -0.15) is 0 Å². The smallest absolute Gasteiger partial charge is 0.0727 e. The zero-order valence-electron chi connectivity index (χ0n) is 12.2. The van der Waals surface area contributed by atoms with E-state index in [1.807, 2.05) is 56.3 Å². The van der Waals surface area contributed by atoms with Gasteiger partial charge < -0.3 is 5.32 Å². The molecule has 3 aromatic rings. The fourth-order valence-corrected chi connectivity index (χ4v) is 2.61. The molecule has 22 heavy (non-hydrogen) atoms. The van der Waals surface area contributed by atoms with Crippen LogP contribution in [0.4, 0.5) is 11.4 Å². The van der Waals surface area contributed by atoms with Crippen LogP contribution in [0.2, 0.25) is 10.0 Å². The Labute approximate surface area is 145 Å². The Morgan fingerprint density at radius 3 is 2.45 bits per heavy atom. The van der Waals surface area contributed by atoms with E-state index in [0.717, 1.165) is 38.6 Å². The number of nitrogens with zero attached hydrogens (tertiary/aromatic N) is 1. The lowest BCUT2D eigenvalue weighted by Gasteiger charge is -2.12. The largest absolute Gasteiger partial charge is 0.355 e. The minimum atomic E-state index is 0. The molecule has 1 aromatic heterocycles. The first-order valence-electron chi connectivity index (χ1n) is 6.63. The van der Waals surface area contributed by atoms with E-state index in [1.165, 1.54) is 0 Å². The summed E-state index contributed by atoms with van der Waals surface area (Å²) >= 11 is 12.3. The standard InChI is InChI=1S/C17H14Cl2N2.ClH/c1-10-3-5-13(9-15(10)19)21-17-7-11(2)20-16-6-4-12(18)8-14(16)17;/h3-9H,1-2H3,(H,20,21);1H. The minimum Gasteiger partial charge on any atom is -0.355 e. The van der Waals surface area contributed by atoms with Gasteiger partial charge in [-0.25, -0.2) is 0 Å². The van der Waals surface area contributed by atoms with Crippen LogP contribution in [-0.4, -0.2) is 4.98 Å². The fourth-order valence-electron chi connectivity index (χ4n) is 2.26. The Kier molecular flexibility index (Phi) is 5.17. The second-order valence-electron chi connectivity index (χ2n) is 5.06. The number of aromatic nitrogens is 1. The highest BCUT2D eigenvalue weighted by Gasteiger charge is 2.06. The number of anilines is 2. The van der Waals surface area contributed by atoms with Crippen molar-refractivity contribution >= 4 is 57.9 Å². The highest BCUT2D eigenvalue weighted by molar-refractivity contribution is 6.32. The van der Waals surface area contributed by atoms with Crippen molar-refractivity contribution in [3.05, 3.63) is 63.8 Å². The molecular formula is C17H15Cl3N2. The van der Waals surface area contributed by atoms with Gasteiger partial charge in [0.2, 0.25) is 0 Å². The van der Waals surface area contributed by atoms with Gasteiger partial charge in [-0.1, -0.05) is 29.3 Å². The van der Waals surface area contributed by atoms with Crippen LogP contribution >= 0.6 is 35.6 Å². The molecule has 0 fully saturated rings. The molecule has 0 aliphatic rings. The van der Waals surface area contributed by atoms with Crippen molar-refractivity contribution in [3.63, 3.8) is 0 Å². The lowest BCUT2D eigenvalue weighted by molar-refractivity contribution is 1.25. The van der Waals surface area contributed by atoms with E-state index in [-0.39, 0.29) is 12.4 Å². The molecule has 3 rings (SSSR count). The SMILES string of the molecule is Cc1cc(Nc2ccc(C)c(Cl)c2)c2cc(Cl)ccc2n1.Cl. The maximum Gasteiger partial charge on any atom is 0.0727 e. The number of hydrogen-bond acceptors (Lipinski definition) is 2. The summed E-state index contributed by atoms with van der Waals surface area (Å²) in [6.45, 7) is 3.96. The van der Waals surface area contributed by atoms with Crippen molar-refractivity contribution in [2.24, 2.45) is 0 Å². The number of halogens is 3. The van der Waals surface area contributed by atoms with Crippen LogP contribution in [0.5, 0.6) is 0 Å². The van der Waals surface area contributed by atoms with Crippen LogP contribution in [0.1, 0.15) is 11.3 Å². The van der Waals surface area contributed by atoms with Crippen molar-refractivity contribution in [1.29, 1.82) is 0 Å². The predicted octanol–water partition coefficient (Wildman–Crippen LogP) is 6.32. The first kappa shape index (κ1) is 16.9. The molecule has 0 bridgehead atoms. The molecule has 0 saturated carbocycles. The third-order valence-electron chi connectivity index (χ3n) is 3.35. The van der Waals surface area contributed by atoms with E-state index in [2.05, 4.69) is 10.3 Å². The molecule has 0 saturated heterocycles. The van der Waals surface area contributed by atoms with Crippen molar-refractivity contribution < 1.29 is 0 Å². The molecule has 0 spiro atoms. The number of fused-ring (bicyclic) bond motifs is 1. The van der Waals surface area contributed by atoms with E-state index < -0.39 is 0 Å². The zero-order valence-corrected chi connectivity index (χ0v) is 14.5. The average molecular weight is 354 g/mol. The Morgan fingerprint density at radius 1 is 0.955 bits per heavy atom. The van der Waals surface area contributed by atoms with Crippen LogP contribution in [0.25, 0.3) is 10.9 Å². The maximum atomic E-state index is 6.18. The summed E-state index contributed by atoms with van der Waals surface area (Å²) < 4.78 is 0. The highest BCUT2D eigenvalue weighted by atomic mass is 35.5. The summed E-state index contributed by atoms with van der Waals surface area (Å²) in [5.41, 5.74) is 4.84. The normalized spacial score (nSPS) is 10.4. The molecule has 0 aliphatic heterocycles. The fraction of sp³-hybridized carbons (Fsp3) is 0.118. The van der Waals surface area contributed by atoms with Crippen molar-refractivity contribution in [2.75, 3.05) is 5.32 Å². The molecule has 0 amide bonds. The van der Waals surface area contributed by atoms with Gasteiger partial charge in [-0.3, -0.25) is 4.98 Å². The Morgan fingerprint density at radius 2 is 1.73 bits per heavy atom. The van der Waals surface area contributed by atoms with Gasteiger partial charge >= 0.3 is 0 Å². The number of hydrogen-bond donors (Lipinski definition) is 1. The van der Waals surface area contributed by atoms with Gasteiger partial charge in [0.1, 0.15) is 0 Å². The third-order valence-corrected chi connectivity index (χ3v) is 3.99. The van der Waals surface area contributed by atoms with Crippen molar-refractivity contribution in [3.8, 4) is 0 Å². The Balaban J connectivity index is 0.00000176. The highest BCUT2D eigenvalue weighted by Crippen LogP contribution is 2.30. The molecule has 0 aliphatic carbocycles. The molecule has 5 heteroatoms. The van der Waals surface area contributed by atoms with Crippen LogP contribution in [0, 0.1) is 13.8 Å². The van der Waals surface area contributed by atoms with Gasteiger partial charge in [0, 0.05) is 32.5 Å². The molecule has 1 heterocycles. The summed E-state index contributed by atoms with van der Waals surface area (Å²) in [6, 6.07) is 13.6. The van der Waals surface area contributed by atoms with E-state index in [1.54, 1.807) is 0 Å². The number of aryl methyl sites for hydroxylation is 2. The van der Waals surface area contributed by atoms with E-state index in [9.17, 15) is 0 Å². The van der Waals surface area contributed by atoms with Gasteiger partial charge in [-0.15, -0.1) is 12.4 Å². The van der Waals surface area contributed by atoms with Gasteiger partial charge in [0.05, 0.1) is 5.52 Å². The monoisotopic (exact) mass is 352 g/mol. The third kappa shape index (κ3) is 3.46. The predicted molar refractivity (Wildman–Crippen MR) is 98.2 cm³/mol. The quantitative estimate of drug-likeness (QED) is 0.582. The van der Waals surface area contributed by atoms with Gasteiger partial charge in [-0.05, 0) is 55.8 Å². The topological polar surface area (TPSA) is 24.9 Å². The number of nitrogens with one attached hydrogen (secondary N) is 1. The van der Waals surface area contributed by atoms with E-state index in [4.69, 9.17) is 23.2 Å². The molecule has 2 nitrogen and oxygen atoms in total. The molecule has 1 N–H and O–H groups in total. The summed E-state index contributed by atoms with van der Waals surface area (Å²) in [5, 5.41) is 5.83. The van der Waals surface area contributed by atoms with Crippen LogP contribution in [0.15, 0.2) is 42.5 Å². The second kappa shape index (κ2) is 6.74. The molecule has 0 atom stereocenters. The number of pyridine rings is 1. The summed E-state index contributed by atoms with van der Waals surface area (Å²) in [4.78, 5) is 4.53. The van der Waals surface area contributed by atoms with E-state index >= 15 is 0 Å². The summed E-state index contributed by atoms with van der Waals surface area (Å²) in [6.07, 6.45) is 0. The number of benzene rings is 2. The van der Waals surface area contributed by atoms with Crippen molar-refractivity contribution in [1.82, 2.24) is 4.98 Å². The first-order valence-corrected chi connectivity index (χ1v) is 7.38. The van der Waals surface area contributed by atoms with Gasteiger partial charge in [0.15, 0.2) is 0 Å². The number of rotatable bonds is 2. The molecular weight excluding hydrogens is 339 g/mol. The van der Waals surface area contributed by atoms with Crippen molar-refractivity contribution in [2.45, 2.75) is 13.8 Å². The average Bonchev–Trinajstić information content (AvgIpc) is 2.43. The lowest BCUT2D eigenvalue weighted by atomic mass is 10.1. The van der Waals surface area contributed by atoms with Crippen LogP contribution in [0.3, 0.4) is 0 Å². The molecule has 0 radical (unpaired) electrons. The maximum absolute atomic E-state index is 6.18. The minimum absolute atomic E-state index is 0. The zero-order chi connectivity index (χ0) is 15.0. The summed E-state index contributed by atoms with van der Waals surface area (Å²) in [7, 11) is 0.